The molecule has 0 aliphatic rings. The summed E-state index contributed by atoms with van der Waals surface area (Å²) in [6.45, 7) is 1.96. The molecule has 0 aliphatic heterocycles. The molecule has 17 heavy (non-hydrogen) atoms. The van der Waals surface area contributed by atoms with Crippen LogP contribution in [-0.4, -0.2) is 21.8 Å². The summed E-state index contributed by atoms with van der Waals surface area (Å²) in [5.41, 5.74) is 2.58. The number of para-hydroxylation sites is 1. The number of Topliss-reactive ketones (excluding diaryl/α,β-unsaturated/α-hetero) is 1. The molecule has 4 nitrogen and oxygen atoms in total. The van der Waals surface area contributed by atoms with Crippen molar-refractivity contribution >= 4 is 22.7 Å². The molecule has 2 rings (SSSR count). The minimum absolute atomic E-state index is 0.0379. The highest BCUT2D eigenvalue weighted by molar-refractivity contribution is 6.08. The molecular formula is C13H13NO3. The average molecular weight is 231 g/mol. The summed E-state index contributed by atoms with van der Waals surface area (Å²) in [6, 6.07) is 5.72. The maximum atomic E-state index is 11.9. The van der Waals surface area contributed by atoms with E-state index >= 15 is 0 Å². The number of benzene rings is 1. The smallest absolute Gasteiger partial charge is 0.303 e. The number of fused-ring (bicyclic) bond motifs is 1. The highest BCUT2D eigenvalue weighted by atomic mass is 16.4. The lowest BCUT2D eigenvalue weighted by Crippen LogP contribution is -2.03. The molecule has 0 unspecified atom stereocenters. The number of carboxylic acids is 1. The van der Waals surface area contributed by atoms with Crippen molar-refractivity contribution in [3.05, 3.63) is 35.5 Å². The number of aliphatic carboxylic acids is 1. The number of carbonyl (C=O) groups excluding carboxylic acids is 1. The molecule has 1 aromatic carbocycles. The van der Waals surface area contributed by atoms with Gasteiger partial charge in [-0.1, -0.05) is 18.2 Å². The van der Waals surface area contributed by atoms with Gasteiger partial charge in [0.2, 0.25) is 0 Å². The molecule has 88 valence electrons. The Morgan fingerprint density at radius 3 is 2.76 bits per heavy atom. The lowest BCUT2D eigenvalue weighted by molar-refractivity contribution is -0.136. The molecule has 1 heterocycles. The second-order valence-electron chi connectivity index (χ2n) is 4.02. The van der Waals surface area contributed by atoms with E-state index in [0.29, 0.717) is 5.56 Å². The van der Waals surface area contributed by atoms with Crippen LogP contribution in [-0.2, 0) is 4.79 Å². The number of carbonyl (C=O) groups is 2. The maximum absolute atomic E-state index is 11.9. The fourth-order valence-corrected chi connectivity index (χ4v) is 1.89. The first-order valence-corrected chi connectivity index (χ1v) is 5.41. The van der Waals surface area contributed by atoms with Gasteiger partial charge >= 0.3 is 5.97 Å². The molecular weight excluding hydrogens is 218 g/mol. The van der Waals surface area contributed by atoms with Crippen LogP contribution in [0.1, 0.15) is 28.8 Å². The lowest BCUT2D eigenvalue weighted by Gasteiger charge is -1.98. The Morgan fingerprint density at radius 2 is 2.06 bits per heavy atom. The molecule has 0 spiro atoms. The highest BCUT2D eigenvalue weighted by Gasteiger charge is 2.13. The van der Waals surface area contributed by atoms with Crippen molar-refractivity contribution in [3.8, 4) is 0 Å². The monoisotopic (exact) mass is 231 g/mol. The van der Waals surface area contributed by atoms with Gasteiger partial charge in [-0.3, -0.25) is 9.59 Å². The van der Waals surface area contributed by atoms with E-state index in [4.69, 9.17) is 5.11 Å². The molecule has 2 aromatic rings. The Kier molecular flexibility index (Phi) is 2.95. The second-order valence-corrected chi connectivity index (χ2v) is 4.02. The van der Waals surface area contributed by atoms with Gasteiger partial charge in [-0.25, -0.2) is 0 Å². The zero-order chi connectivity index (χ0) is 12.4. The van der Waals surface area contributed by atoms with Crippen molar-refractivity contribution in [1.82, 2.24) is 4.98 Å². The zero-order valence-electron chi connectivity index (χ0n) is 9.49. The van der Waals surface area contributed by atoms with Crippen LogP contribution in [0.2, 0.25) is 0 Å². The quantitative estimate of drug-likeness (QED) is 0.794. The Balaban J connectivity index is 2.33. The van der Waals surface area contributed by atoms with Crippen LogP contribution in [0, 0.1) is 6.92 Å². The van der Waals surface area contributed by atoms with Crippen molar-refractivity contribution in [2.75, 3.05) is 0 Å². The molecule has 0 saturated carbocycles. The van der Waals surface area contributed by atoms with E-state index in [1.54, 1.807) is 6.20 Å². The number of H-pyrrole nitrogens is 1. The standard InChI is InChI=1S/C13H13NO3/c1-8-3-2-4-9-10(7-14-13(8)9)11(15)5-6-12(16)17/h2-4,7,14H,5-6H2,1H3,(H,16,17). The summed E-state index contributed by atoms with van der Waals surface area (Å²) in [5.74, 6) is -1.08. The fraction of sp³-hybridized carbons (Fsp3) is 0.231. The first-order valence-electron chi connectivity index (χ1n) is 5.41. The van der Waals surface area contributed by atoms with Crippen LogP contribution in [0.25, 0.3) is 10.9 Å². The average Bonchev–Trinajstić information content (AvgIpc) is 2.71. The number of rotatable bonds is 4. The van der Waals surface area contributed by atoms with E-state index in [1.165, 1.54) is 0 Å². The summed E-state index contributed by atoms with van der Waals surface area (Å²) >= 11 is 0. The molecule has 4 heteroatoms. The van der Waals surface area contributed by atoms with Crippen molar-refractivity contribution in [2.45, 2.75) is 19.8 Å². The number of aromatic nitrogens is 1. The number of ketones is 1. The van der Waals surface area contributed by atoms with Crippen LogP contribution < -0.4 is 0 Å². The molecule has 0 bridgehead atoms. The summed E-state index contributed by atoms with van der Waals surface area (Å²) in [6.07, 6.45) is 1.56. The normalized spacial score (nSPS) is 10.6. The van der Waals surface area contributed by atoms with Crippen LogP contribution >= 0.6 is 0 Å². The van der Waals surface area contributed by atoms with Crippen molar-refractivity contribution in [1.29, 1.82) is 0 Å². The third-order valence-electron chi connectivity index (χ3n) is 2.79. The number of hydrogen-bond acceptors (Lipinski definition) is 2. The SMILES string of the molecule is Cc1cccc2c(C(=O)CCC(=O)O)c[nH]c12. The first kappa shape index (κ1) is 11.4. The van der Waals surface area contributed by atoms with Crippen LogP contribution in [0.5, 0.6) is 0 Å². The molecule has 2 N–H and O–H groups in total. The van der Waals surface area contributed by atoms with E-state index < -0.39 is 5.97 Å². The second kappa shape index (κ2) is 4.41. The fourth-order valence-electron chi connectivity index (χ4n) is 1.89. The number of carboxylic acid groups (broad SMARTS) is 1. The summed E-state index contributed by atoms with van der Waals surface area (Å²) in [7, 11) is 0. The van der Waals surface area contributed by atoms with Crippen molar-refractivity contribution in [2.24, 2.45) is 0 Å². The van der Waals surface area contributed by atoms with E-state index in [9.17, 15) is 9.59 Å². The zero-order valence-corrected chi connectivity index (χ0v) is 9.49. The largest absolute Gasteiger partial charge is 0.481 e. The first-order chi connectivity index (χ1) is 8.09. The number of aromatic amines is 1. The molecule has 0 amide bonds. The number of hydrogen-bond donors (Lipinski definition) is 2. The van der Waals surface area contributed by atoms with Gasteiger partial charge in [0, 0.05) is 29.1 Å². The Hall–Kier alpha value is -2.10. The minimum Gasteiger partial charge on any atom is -0.481 e. The van der Waals surface area contributed by atoms with Gasteiger partial charge in [0.25, 0.3) is 0 Å². The number of nitrogens with one attached hydrogen (secondary N) is 1. The van der Waals surface area contributed by atoms with Crippen LogP contribution in [0.15, 0.2) is 24.4 Å². The van der Waals surface area contributed by atoms with Crippen LogP contribution in [0.3, 0.4) is 0 Å². The predicted octanol–water partition coefficient (Wildman–Crippen LogP) is 2.52. The van der Waals surface area contributed by atoms with Gasteiger partial charge in [0.1, 0.15) is 0 Å². The summed E-state index contributed by atoms with van der Waals surface area (Å²) < 4.78 is 0. The molecule has 0 saturated heterocycles. The third kappa shape index (κ3) is 2.20. The van der Waals surface area contributed by atoms with Gasteiger partial charge in [-0.2, -0.15) is 0 Å². The lowest BCUT2D eigenvalue weighted by atomic mass is 10.0. The van der Waals surface area contributed by atoms with Gasteiger partial charge < -0.3 is 10.1 Å². The Bertz CT molecular complexity index is 583. The van der Waals surface area contributed by atoms with Gasteiger partial charge in [0.15, 0.2) is 5.78 Å². The highest BCUT2D eigenvalue weighted by Crippen LogP contribution is 2.22. The molecule has 0 atom stereocenters. The van der Waals surface area contributed by atoms with Crippen LogP contribution in [0.4, 0.5) is 0 Å². The van der Waals surface area contributed by atoms with Gasteiger partial charge in [-0.15, -0.1) is 0 Å². The van der Waals surface area contributed by atoms with Crippen molar-refractivity contribution < 1.29 is 14.7 Å². The summed E-state index contributed by atoms with van der Waals surface area (Å²) in [5, 5.41) is 9.42. The third-order valence-corrected chi connectivity index (χ3v) is 2.79. The summed E-state index contributed by atoms with van der Waals surface area (Å²) in [4.78, 5) is 25.3. The Labute approximate surface area is 98.3 Å². The molecule has 0 aliphatic carbocycles. The van der Waals surface area contributed by atoms with E-state index in [0.717, 1.165) is 16.5 Å². The predicted molar refractivity (Wildman–Crippen MR) is 64.2 cm³/mol. The maximum Gasteiger partial charge on any atom is 0.303 e. The molecule has 0 radical (unpaired) electrons. The van der Waals surface area contributed by atoms with E-state index in [-0.39, 0.29) is 18.6 Å². The minimum atomic E-state index is -0.950. The number of aryl methyl sites for hydroxylation is 1. The van der Waals surface area contributed by atoms with E-state index in [2.05, 4.69) is 4.98 Å². The van der Waals surface area contributed by atoms with Gasteiger partial charge in [0.05, 0.1) is 6.42 Å². The Morgan fingerprint density at radius 1 is 1.29 bits per heavy atom. The van der Waals surface area contributed by atoms with Crippen molar-refractivity contribution in [3.63, 3.8) is 0 Å². The van der Waals surface area contributed by atoms with E-state index in [1.807, 2.05) is 25.1 Å². The topological polar surface area (TPSA) is 70.2 Å². The molecule has 0 fully saturated rings. The molecule has 1 aromatic heterocycles. The van der Waals surface area contributed by atoms with Gasteiger partial charge in [-0.05, 0) is 12.5 Å².